The smallest absolute Gasteiger partial charge is 0.328 e. The molecule has 2 aliphatic rings. The van der Waals surface area contributed by atoms with Gasteiger partial charge in [0.2, 0.25) is 5.91 Å². The van der Waals surface area contributed by atoms with Gasteiger partial charge in [0.25, 0.3) is 0 Å². The van der Waals surface area contributed by atoms with Gasteiger partial charge in [0.15, 0.2) is 0 Å². The number of aliphatic hydroxyl groups excluding tert-OH is 1. The molecule has 2 heterocycles. The highest BCUT2D eigenvalue weighted by atomic mass is 16.5. The number of methoxy groups -OCH3 is 1. The third kappa shape index (κ3) is 2.64. The van der Waals surface area contributed by atoms with E-state index in [1.807, 2.05) is 0 Å². The summed E-state index contributed by atoms with van der Waals surface area (Å²) in [6.45, 7) is 1.29. The first kappa shape index (κ1) is 13.3. The van der Waals surface area contributed by atoms with Crippen LogP contribution < -0.4 is 0 Å². The van der Waals surface area contributed by atoms with Gasteiger partial charge in [0, 0.05) is 19.6 Å². The van der Waals surface area contributed by atoms with Gasteiger partial charge < -0.3 is 19.5 Å². The number of hydrogen-bond donors (Lipinski definition) is 1. The molecule has 3 atom stereocenters. The summed E-state index contributed by atoms with van der Waals surface area (Å²) in [7, 11) is 1.29. The Morgan fingerprint density at radius 1 is 1.44 bits per heavy atom. The van der Waals surface area contributed by atoms with E-state index in [9.17, 15) is 14.7 Å². The van der Waals surface area contributed by atoms with Crippen molar-refractivity contribution in [3.05, 3.63) is 0 Å². The molecule has 0 bridgehead atoms. The Morgan fingerprint density at radius 2 is 2.22 bits per heavy atom. The minimum atomic E-state index is -0.653. The van der Waals surface area contributed by atoms with Crippen molar-refractivity contribution >= 4 is 11.9 Å². The number of likely N-dealkylation sites (tertiary alicyclic amines) is 1. The highest BCUT2D eigenvalue weighted by molar-refractivity contribution is 5.86. The Kier molecular flexibility index (Phi) is 4.19. The molecular weight excluding hydrogens is 238 g/mol. The molecule has 1 N–H and O–H groups in total. The van der Waals surface area contributed by atoms with Crippen molar-refractivity contribution in [3.63, 3.8) is 0 Å². The monoisotopic (exact) mass is 257 g/mol. The van der Waals surface area contributed by atoms with Gasteiger partial charge in [-0.3, -0.25) is 4.79 Å². The first-order valence-corrected chi connectivity index (χ1v) is 6.27. The fourth-order valence-electron chi connectivity index (χ4n) is 2.59. The number of nitrogens with zero attached hydrogens (tertiary/aromatic N) is 1. The first-order valence-electron chi connectivity index (χ1n) is 6.27. The van der Waals surface area contributed by atoms with Crippen LogP contribution in [0.15, 0.2) is 0 Å². The molecule has 6 nitrogen and oxygen atoms in total. The van der Waals surface area contributed by atoms with Crippen LogP contribution in [-0.4, -0.2) is 60.9 Å². The zero-order valence-corrected chi connectivity index (χ0v) is 10.5. The number of aliphatic hydroxyl groups is 1. The van der Waals surface area contributed by atoms with E-state index in [0.29, 0.717) is 13.2 Å². The average Bonchev–Trinajstić information content (AvgIpc) is 2.80. The number of ether oxygens (including phenoxy) is 2. The van der Waals surface area contributed by atoms with Crippen molar-refractivity contribution < 1.29 is 24.2 Å². The van der Waals surface area contributed by atoms with E-state index in [-0.39, 0.29) is 24.8 Å². The summed E-state index contributed by atoms with van der Waals surface area (Å²) >= 11 is 0. The van der Waals surface area contributed by atoms with Gasteiger partial charge in [0.05, 0.1) is 25.7 Å². The van der Waals surface area contributed by atoms with Crippen LogP contribution in [0.5, 0.6) is 0 Å². The molecule has 0 aromatic rings. The number of hydrogen-bond acceptors (Lipinski definition) is 5. The van der Waals surface area contributed by atoms with Crippen molar-refractivity contribution in [1.29, 1.82) is 0 Å². The lowest BCUT2D eigenvalue weighted by Gasteiger charge is -2.29. The van der Waals surface area contributed by atoms with E-state index in [2.05, 4.69) is 4.74 Å². The van der Waals surface area contributed by atoms with Crippen molar-refractivity contribution in [1.82, 2.24) is 4.90 Å². The van der Waals surface area contributed by atoms with Gasteiger partial charge in [-0.1, -0.05) is 0 Å². The Morgan fingerprint density at radius 3 is 2.83 bits per heavy atom. The van der Waals surface area contributed by atoms with Gasteiger partial charge in [-0.05, 0) is 12.8 Å². The Labute approximate surface area is 106 Å². The van der Waals surface area contributed by atoms with E-state index < -0.39 is 18.1 Å². The van der Waals surface area contributed by atoms with E-state index in [4.69, 9.17) is 4.74 Å². The lowest BCUT2D eigenvalue weighted by atomic mass is 10.0. The number of β-amino-alcohol motifs (C(OH)–C–C–N with tert-alkyl or cyclic N) is 1. The third-order valence-electron chi connectivity index (χ3n) is 3.54. The molecule has 0 radical (unpaired) electrons. The maximum absolute atomic E-state index is 12.3. The lowest BCUT2D eigenvalue weighted by Crippen LogP contribution is -2.45. The van der Waals surface area contributed by atoms with Crippen LogP contribution >= 0.6 is 0 Å². The number of amides is 1. The molecule has 2 rings (SSSR count). The molecule has 2 aliphatic heterocycles. The highest BCUT2D eigenvalue weighted by Gasteiger charge is 2.41. The fourth-order valence-corrected chi connectivity index (χ4v) is 2.59. The standard InChI is InChI=1S/C12H19NO5/c1-17-12(16)10-5-9(14)6-13(10)11(15)8-3-2-4-18-7-8/h8-10,14H,2-7H2,1H3. The zero-order chi connectivity index (χ0) is 13.1. The Balaban J connectivity index is 2.04. The molecule has 2 saturated heterocycles. The predicted molar refractivity (Wildman–Crippen MR) is 61.7 cm³/mol. The molecule has 0 aromatic heterocycles. The molecule has 0 spiro atoms. The van der Waals surface area contributed by atoms with Crippen LogP contribution in [0.25, 0.3) is 0 Å². The van der Waals surface area contributed by atoms with Crippen LogP contribution in [0, 0.1) is 5.92 Å². The minimum Gasteiger partial charge on any atom is -0.467 e. The summed E-state index contributed by atoms with van der Waals surface area (Å²) in [5.74, 6) is -0.769. The van der Waals surface area contributed by atoms with Crippen LogP contribution in [0.4, 0.5) is 0 Å². The topological polar surface area (TPSA) is 76.1 Å². The maximum atomic E-state index is 12.3. The normalized spacial score (nSPS) is 32.3. The average molecular weight is 257 g/mol. The van der Waals surface area contributed by atoms with E-state index in [1.165, 1.54) is 12.0 Å². The summed E-state index contributed by atoms with van der Waals surface area (Å²) in [5.41, 5.74) is 0. The summed E-state index contributed by atoms with van der Waals surface area (Å²) in [4.78, 5) is 25.3. The van der Waals surface area contributed by atoms with Crippen molar-refractivity contribution in [2.45, 2.75) is 31.4 Å². The van der Waals surface area contributed by atoms with Crippen molar-refractivity contribution in [2.24, 2.45) is 5.92 Å². The summed E-state index contributed by atoms with van der Waals surface area (Å²) in [5, 5.41) is 9.63. The molecule has 0 aromatic carbocycles. The minimum absolute atomic E-state index is 0.110. The number of rotatable bonds is 2. The second kappa shape index (κ2) is 5.67. The van der Waals surface area contributed by atoms with E-state index in [1.54, 1.807) is 0 Å². The molecule has 2 fully saturated rings. The van der Waals surface area contributed by atoms with Crippen molar-refractivity contribution in [2.75, 3.05) is 26.9 Å². The quantitative estimate of drug-likeness (QED) is 0.678. The van der Waals surface area contributed by atoms with E-state index >= 15 is 0 Å². The molecule has 3 unspecified atom stereocenters. The maximum Gasteiger partial charge on any atom is 0.328 e. The molecule has 0 aliphatic carbocycles. The second-order valence-electron chi connectivity index (χ2n) is 4.83. The first-order chi connectivity index (χ1) is 8.63. The number of carbonyl (C=O) groups excluding carboxylic acids is 2. The largest absolute Gasteiger partial charge is 0.467 e. The van der Waals surface area contributed by atoms with Gasteiger partial charge in [-0.2, -0.15) is 0 Å². The Bertz CT molecular complexity index is 326. The summed E-state index contributed by atoms with van der Waals surface area (Å²) < 4.78 is 9.96. The Hall–Kier alpha value is -1.14. The summed E-state index contributed by atoms with van der Waals surface area (Å²) in [6, 6.07) is -0.653. The van der Waals surface area contributed by atoms with Gasteiger partial charge in [-0.15, -0.1) is 0 Å². The molecule has 1 amide bonds. The predicted octanol–water partition coefficient (Wildman–Crippen LogP) is -0.452. The third-order valence-corrected chi connectivity index (χ3v) is 3.54. The number of esters is 1. The second-order valence-corrected chi connectivity index (χ2v) is 4.83. The highest BCUT2D eigenvalue weighted by Crippen LogP contribution is 2.24. The van der Waals surface area contributed by atoms with Crippen LogP contribution in [0.3, 0.4) is 0 Å². The fraction of sp³-hybridized carbons (Fsp3) is 0.833. The van der Waals surface area contributed by atoms with E-state index in [0.717, 1.165) is 12.8 Å². The SMILES string of the molecule is COC(=O)C1CC(O)CN1C(=O)C1CCCOC1. The molecule has 18 heavy (non-hydrogen) atoms. The van der Waals surface area contributed by atoms with Gasteiger partial charge in [0.1, 0.15) is 6.04 Å². The molecule has 0 saturated carbocycles. The molecular formula is C12H19NO5. The number of carbonyl (C=O) groups is 2. The molecule has 102 valence electrons. The van der Waals surface area contributed by atoms with Gasteiger partial charge in [-0.25, -0.2) is 4.79 Å². The zero-order valence-electron chi connectivity index (χ0n) is 10.5. The van der Waals surface area contributed by atoms with Crippen LogP contribution in [0.2, 0.25) is 0 Å². The van der Waals surface area contributed by atoms with Crippen molar-refractivity contribution in [3.8, 4) is 0 Å². The van der Waals surface area contributed by atoms with Gasteiger partial charge >= 0.3 is 5.97 Å². The summed E-state index contributed by atoms with van der Waals surface area (Å²) in [6.07, 6.45) is 1.24. The van der Waals surface area contributed by atoms with Crippen LogP contribution in [-0.2, 0) is 19.1 Å². The lowest BCUT2D eigenvalue weighted by molar-refractivity contribution is -0.154. The molecule has 6 heteroatoms. The van der Waals surface area contributed by atoms with Crippen LogP contribution in [0.1, 0.15) is 19.3 Å².